The molecule has 1 aliphatic rings. The summed E-state index contributed by atoms with van der Waals surface area (Å²) in [6.07, 6.45) is 0. The fourth-order valence-corrected chi connectivity index (χ4v) is 1.70. The summed E-state index contributed by atoms with van der Waals surface area (Å²) in [5.41, 5.74) is 1.93. The highest BCUT2D eigenvalue weighted by molar-refractivity contribution is 6.16. The van der Waals surface area contributed by atoms with Crippen molar-refractivity contribution in [2.75, 3.05) is 5.32 Å². The first-order valence-corrected chi connectivity index (χ1v) is 5.30. The van der Waals surface area contributed by atoms with Gasteiger partial charge < -0.3 is 10.6 Å². The predicted molar refractivity (Wildman–Crippen MR) is 65.4 cm³/mol. The van der Waals surface area contributed by atoms with E-state index in [4.69, 9.17) is 0 Å². The summed E-state index contributed by atoms with van der Waals surface area (Å²) in [5, 5.41) is 5.31. The minimum absolute atomic E-state index is 0.259. The van der Waals surface area contributed by atoms with E-state index in [1.807, 2.05) is 18.2 Å². The summed E-state index contributed by atoms with van der Waals surface area (Å²) in [6.45, 7) is 3.10. The number of benzene rings is 1. The average molecular weight is 231 g/mol. The van der Waals surface area contributed by atoms with Gasteiger partial charge >= 0.3 is 0 Å². The molecule has 5 nitrogen and oxygen atoms in total. The molecule has 88 valence electrons. The Hall–Kier alpha value is -2.17. The first kappa shape index (κ1) is 11.3. The third-order valence-electron chi connectivity index (χ3n) is 2.49. The van der Waals surface area contributed by atoms with Crippen LogP contribution in [0.1, 0.15) is 13.8 Å². The van der Waals surface area contributed by atoms with E-state index in [0.717, 1.165) is 0 Å². The molecule has 2 rings (SSSR count). The van der Waals surface area contributed by atoms with Gasteiger partial charge in [0.25, 0.3) is 5.91 Å². The number of nitrogens with zero attached hydrogens (tertiary/aromatic N) is 1. The van der Waals surface area contributed by atoms with Crippen LogP contribution in [0.3, 0.4) is 0 Å². The summed E-state index contributed by atoms with van der Waals surface area (Å²) in [5.74, 6) is -0.531. The number of nitrogens with one attached hydrogen (secondary N) is 2. The lowest BCUT2D eigenvalue weighted by Crippen LogP contribution is -2.46. The molecule has 1 heterocycles. The first-order valence-electron chi connectivity index (χ1n) is 5.30. The van der Waals surface area contributed by atoms with E-state index in [-0.39, 0.29) is 11.8 Å². The maximum absolute atomic E-state index is 11.9. The quantitative estimate of drug-likeness (QED) is 0.763. The third kappa shape index (κ3) is 2.33. The van der Waals surface area contributed by atoms with Gasteiger partial charge in [-0.05, 0) is 19.1 Å². The van der Waals surface area contributed by atoms with E-state index in [1.165, 1.54) is 6.92 Å². The molecule has 2 amide bonds. The maximum Gasteiger partial charge on any atom is 0.252 e. The van der Waals surface area contributed by atoms with Gasteiger partial charge in [-0.25, -0.2) is 0 Å². The standard InChI is InChI=1S/C12H13N3O2/c1-7-11(14-8(2)16)12(17)15-10-6-4-3-5-9(10)13-7/h3-6,11H,1-2H3,(H,14,16)(H,15,17). The van der Waals surface area contributed by atoms with Crippen molar-refractivity contribution in [2.24, 2.45) is 4.99 Å². The zero-order chi connectivity index (χ0) is 12.4. The van der Waals surface area contributed by atoms with Crippen LogP contribution in [-0.4, -0.2) is 23.6 Å². The van der Waals surface area contributed by atoms with E-state index in [1.54, 1.807) is 13.0 Å². The highest BCUT2D eigenvalue weighted by Crippen LogP contribution is 2.27. The van der Waals surface area contributed by atoms with Crippen molar-refractivity contribution in [3.63, 3.8) is 0 Å². The zero-order valence-corrected chi connectivity index (χ0v) is 9.65. The highest BCUT2D eigenvalue weighted by Gasteiger charge is 2.25. The second-order valence-electron chi connectivity index (χ2n) is 3.89. The Morgan fingerprint density at radius 3 is 2.82 bits per heavy atom. The second kappa shape index (κ2) is 4.37. The summed E-state index contributed by atoms with van der Waals surface area (Å²) < 4.78 is 0. The number of aliphatic imine (C=N–C) groups is 1. The molecule has 0 saturated heterocycles. The fourth-order valence-electron chi connectivity index (χ4n) is 1.70. The normalized spacial score (nSPS) is 18.6. The van der Waals surface area contributed by atoms with E-state index in [0.29, 0.717) is 17.1 Å². The summed E-state index contributed by atoms with van der Waals surface area (Å²) >= 11 is 0. The Morgan fingerprint density at radius 2 is 2.12 bits per heavy atom. The summed E-state index contributed by atoms with van der Waals surface area (Å²) in [7, 11) is 0. The average Bonchev–Trinajstić information content (AvgIpc) is 2.38. The van der Waals surface area contributed by atoms with Crippen LogP contribution in [0.25, 0.3) is 0 Å². The highest BCUT2D eigenvalue weighted by atomic mass is 16.2. The van der Waals surface area contributed by atoms with Crippen molar-refractivity contribution in [1.82, 2.24) is 5.32 Å². The second-order valence-corrected chi connectivity index (χ2v) is 3.89. The van der Waals surface area contributed by atoms with E-state index >= 15 is 0 Å². The Balaban J connectivity index is 2.39. The van der Waals surface area contributed by atoms with Crippen molar-refractivity contribution >= 4 is 28.9 Å². The first-order chi connectivity index (χ1) is 8.08. The van der Waals surface area contributed by atoms with Gasteiger partial charge in [0.2, 0.25) is 5.91 Å². The van der Waals surface area contributed by atoms with Crippen LogP contribution in [0.2, 0.25) is 0 Å². The van der Waals surface area contributed by atoms with Gasteiger partial charge in [-0.1, -0.05) is 12.1 Å². The number of rotatable bonds is 1. The van der Waals surface area contributed by atoms with Gasteiger partial charge in [-0.15, -0.1) is 0 Å². The smallest absolute Gasteiger partial charge is 0.252 e. The molecule has 0 spiro atoms. The Labute approximate surface area is 98.9 Å². The molecular weight excluding hydrogens is 218 g/mol. The SMILES string of the molecule is CC(=O)NC1C(=O)Nc2ccccc2N=C1C. The number of para-hydroxylation sites is 2. The molecule has 1 aliphatic heterocycles. The lowest BCUT2D eigenvalue weighted by atomic mass is 10.2. The third-order valence-corrected chi connectivity index (χ3v) is 2.49. The summed E-state index contributed by atoms with van der Waals surface area (Å²) in [4.78, 5) is 27.3. The number of carbonyl (C=O) groups excluding carboxylic acids is 2. The zero-order valence-electron chi connectivity index (χ0n) is 9.65. The lowest BCUT2D eigenvalue weighted by Gasteiger charge is -2.14. The van der Waals surface area contributed by atoms with Crippen LogP contribution in [0, 0.1) is 0 Å². The fraction of sp³-hybridized carbons (Fsp3) is 0.250. The minimum Gasteiger partial charge on any atom is -0.340 e. The molecule has 0 aromatic heterocycles. The molecule has 1 atom stereocenters. The minimum atomic E-state index is -0.708. The molecule has 1 aromatic carbocycles. The van der Waals surface area contributed by atoms with Gasteiger partial charge in [0.15, 0.2) is 0 Å². The van der Waals surface area contributed by atoms with Crippen LogP contribution in [0.15, 0.2) is 29.3 Å². The Kier molecular flexibility index (Phi) is 2.91. The van der Waals surface area contributed by atoms with Crippen molar-refractivity contribution in [2.45, 2.75) is 19.9 Å². The van der Waals surface area contributed by atoms with Gasteiger partial charge in [0.05, 0.1) is 11.4 Å². The van der Waals surface area contributed by atoms with Gasteiger partial charge in [0.1, 0.15) is 6.04 Å². The molecule has 0 saturated carbocycles. The number of hydrogen-bond acceptors (Lipinski definition) is 3. The summed E-state index contributed by atoms with van der Waals surface area (Å²) in [6, 6.07) is 6.55. The maximum atomic E-state index is 11.9. The number of hydrogen-bond donors (Lipinski definition) is 2. The number of anilines is 1. The van der Waals surface area contributed by atoms with Crippen LogP contribution in [0.5, 0.6) is 0 Å². The van der Waals surface area contributed by atoms with Gasteiger partial charge in [0, 0.05) is 12.6 Å². The van der Waals surface area contributed by atoms with Crippen LogP contribution in [0.4, 0.5) is 11.4 Å². The Bertz CT molecular complexity index is 508. The van der Waals surface area contributed by atoms with E-state index < -0.39 is 6.04 Å². The number of amides is 2. The molecule has 0 fully saturated rings. The number of carbonyl (C=O) groups is 2. The van der Waals surface area contributed by atoms with Crippen molar-refractivity contribution in [1.29, 1.82) is 0 Å². The molecule has 0 bridgehead atoms. The van der Waals surface area contributed by atoms with Gasteiger partial charge in [-0.2, -0.15) is 0 Å². The molecule has 0 aliphatic carbocycles. The largest absolute Gasteiger partial charge is 0.340 e. The van der Waals surface area contributed by atoms with Crippen LogP contribution < -0.4 is 10.6 Å². The molecule has 17 heavy (non-hydrogen) atoms. The molecule has 5 heteroatoms. The van der Waals surface area contributed by atoms with E-state index in [2.05, 4.69) is 15.6 Å². The van der Waals surface area contributed by atoms with Crippen LogP contribution >= 0.6 is 0 Å². The molecule has 0 radical (unpaired) electrons. The monoisotopic (exact) mass is 231 g/mol. The van der Waals surface area contributed by atoms with Crippen molar-refractivity contribution in [3.8, 4) is 0 Å². The van der Waals surface area contributed by atoms with Gasteiger partial charge in [-0.3, -0.25) is 14.6 Å². The number of fused-ring (bicyclic) bond motifs is 1. The molecule has 1 unspecified atom stereocenters. The lowest BCUT2D eigenvalue weighted by molar-refractivity contribution is -0.123. The molecule has 2 N–H and O–H groups in total. The molecular formula is C12H13N3O2. The van der Waals surface area contributed by atoms with Crippen molar-refractivity contribution in [3.05, 3.63) is 24.3 Å². The Morgan fingerprint density at radius 1 is 1.41 bits per heavy atom. The van der Waals surface area contributed by atoms with E-state index in [9.17, 15) is 9.59 Å². The van der Waals surface area contributed by atoms with Crippen molar-refractivity contribution < 1.29 is 9.59 Å². The molecule has 1 aromatic rings. The predicted octanol–water partition coefficient (Wildman–Crippen LogP) is 1.24. The van der Waals surface area contributed by atoms with Crippen LogP contribution in [-0.2, 0) is 9.59 Å². The topological polar surface area (TPSA) is 70.6 Å².